The largest absolute Gasteiger partial charge is 0.382 e. The van der Waals surface area contributed by atoms with E-state index in [1.54, 1.807) is 14.2 Å². The highest BCUT2D eigenvalue weighted by Crippen LogP contribution is 2.18. The van der Waals surface area contributed by atoms with Gasteiger partial charge in [0.2, 0.25) is 0 Å². The van der Waals surface area contributed by atoms with Gasteiger partial charge in [-0.2, -0.15) is 0 Å². The molecule has 0 saturated carbocycles. The minimum absolute atomic E-state index is 0.337. The number of rotatable bonds is 22. The fourth-order valence-corrected chi connectivity index (χ4v) is 2.52. The molecule has 32 heavy (non-hydrogen) atoms. The molecule has 188 valence electrons. The Morgan fingerprint density at radius 1 is 0.594 bits per heavy atom. The molecule has 0 aliphatic rings. The van der Waals surface area contributed by atoms with Crippen LogP contribution in [0.5, 0.6) is 0 Å². The third kappa shape index (κ3) is 12.6. The highest BCUT2D eigenvalue weighted by molar-refractivity contribution is 5.01. The van der Waals surface area contributed by atoms with Crippen molar-refractivity contribution in [1.29, 1.82) is 0 Å². The molecule has 0 amide bonds. The van der Waals surface area contributed by atoms with Crippen molar-refractivity contribution in [2.45, 2.75) is 26.1 Å². The fourth-order valence-electron chi connectivity index (χ4n) is 2.52. The number of nitrogens with two attached hydrogens (primary N) is 1. The van der Waals surface area contributed by atoms with Crippen LogP contribution in [-0.2, 0) is 37.9 Å². The number of hydrogen-bond acceptors (Lipinski definition) is 11. The number of nitrogens with zero attached hydrogens (tertiary/aromatic N) is 3. The van der Waals surface area contributed by atoms with Crippen molar-refractivity contribution in [1.82, 2.24) is 14.9 Å². The highest BCUT2D eigenvalue weighted by atomic mass is 16.6. The van der Waals surface area contributed by atoms with Crippen LogP contribution >= 0.6 is 0 Å². The summed E-state index contributed by atoms with van der Waals surface area (Å²) < 4.78 is 44.2. The molecule has 1 heterocycles. The van der Waals surface area contributed by atoms with Crippen LogP contribution in [0, 0.1) is 0 Å². The monoisotopic (exact) mass is 464 g/mol. The van der Waals surface area contributed by atoms with Gasteiger partial charge in [0.1, 0.15) is 12.2 Å². The number of methoxy groups -OCH3 is 2. The van der Waals surface area contributed by atoms with Crippen LogP contribution in [0.2, 0.25) is 0 Å². The van der Waals surface area contributed by atoms with E-state index in [0.717, 1.165) is 0 Å². The molecule has 0 radical (unpaired) electrons. The molecule has 1 rings (SSSR count). The quantitative estimate of drug-likeness (QED) is 0.190. The Morgan fingerprint density at radius 2 is 0.906 bits per heavy atom. The number of ether oxygens (including phenoxy) is 8. The lowest BCUT2D eigenvalue weighted by atomic mass is 10.3. The van der Waals surface area contributed by atoms with Gasteiger partial charge in [0.25, 0.3) is 0 Å². The van der Waals surface area contributed by atoms with Crippen LogP contribution < -0.4 is 5.84 Å². The van der Waals surface area contributed by atoms with E-state index in [9.17, 15) is 0 Å². The molecular formula is C20H40N4O8. The van der Waals surface area contributed by atoms with Gasteiger partial charge >= 0.3 is 0 Å². The molecular weight excluding hydrogens is 424 g/mol. The van der Waals surface area contributed by atoms with Crippen LogP contribution in [0.15, 0.2) is 0 Å². The standard InChI is InChI=1S/C20H40N4O8/c1-17(31-15-13-29-11-9-27-7-5-25-3)19-22-23-20(24(19)21)18(2)32-16-14-30-12-10-28-8-6-26-4/h17-18H,5-16,21H2,1-4H3/t17-,18-/m0/s1. The van der Waals surface area contributed by atoms with E-state index in [1.807, 2.05) is 13.8 Å². The number of aromatic nitrogens is 3. The Kier molecular flexibility index (Phi) is 17.1. The zero-order chi connectivity index (χ0) is 23.4. The second-order valence-corrected chi connectivity index (χ2v) is 6.75. The van der Waals surface area contributed by atoms with Gasteiger partial charge < -0.3 is 43.7 Å². The summed E-state index contributed by atoms with van der Waals surface area (Å²) in [4.78, 5) is 0. The molecule has 0 aliphatic carbocycles. The minimum Gasteiger partial charge on any atom is -0.382 e. The Balaban J connectivity index is 2.17. The van der Waals surface area contributed by atoms with Gasteiger partial charge in [-0.1, -0.05) is 0 Å². The van der Waals surface area contributed by atoms with Gasteiger partial charge in [-0.3, -0.25) is 0 Å². The lowest BCUT2D eigenvalue weighted by Crippen LogP contribution is -2.22. The second kappa shape index (κ2) is 19.1. The van der Waals surface area contributed by atoms with Crippen molar-refractivity contribution < 1.29 is 37.9 Å². The van der Waals surface area contributed by atoms with Crippen LogP contribution in [0.4, 0.5) is 0 Å². The van der Waals surface area contributed by atoms with Crippen LogP contribution in [0.3, 0.4) is 0 Å². The summed E-state index contributed by atoms with van der Waals surface area (Å²) in [6.45, 7) is 9.71. The maximum Gasteiger partial charge on any atom is 0.180 e. The van der Waals surface area contributed by atoms with Crippen molar-refractivity contribution in [3.8, 4) is 0 Å². The first-order valence-electron chi connectivity index (χ1n) is 10.8. The molecule has 12 heteroatoms. The van der Waals surface area contributed by atoms with Crippen molar-refractivity contribution in [2.24, 2.45) is 0 Å². The predicted octanol–water partition coefficient (Wildman–Crippen LogP) is 0.506. The first-order valence-corrected chi connectivity index (χ1v) is 10.8. The molecule has 0 bridgehead atoms. The van der Waals surface area contributed by atoms with Gasteiger partial charge in [0.05, 0.1) is 79.3 Å². The molecule has 0 aromatic carbocycles. The number of hydrogen-bond donors (Lipinski definition) is 1. The second-order valence-electron chi connectivity index (χ2n) is 6.75. The van der Waals surface area contributed by atoms with E-state index in [4.69, 9.17) is 43.7 Å². The molecule has 0 fully saturated rings. The van der Waals surface area contributed by atoms with Crippen molar-refractivity contribution in [3.63, 3.8) is 0 Å². The van der Waals surface area contributed by atoms with Crippen LogP contribution in [0.1, 0.15) is 37.7 Å². The summed E-state index contributed by atoms with van der Waals surface area (Å²) in [5, 5.41) is 8.28. The van der Waals surface area contributed by atoms with Gasteiger partial charge in [-0.15, -0.1) is 10.2 Å². The lowest BCUT2D eigenvalue weighted by molar-refractivity contribution is -0.0170. The van der Waals surface area contributed by atoms with Gasteiger partial charge in [0.15, 0.2) is 11.6 Å². The summed E-state index contributed by atoms with van der Waals surface area (Å²) in [7, 11) is 3.27. The Bertz CT molecular complexity index is 518. The van der Waals surface area contributed by atoms with Gasteiger partial charge in [0, 0.05) is 14.2 Å². The Morgan fingerprint density at radius 3 is 1.25 bits per heavy atom. The molecule has 0 aliphatic heterocycles. The molecule has 0 saturated heterocycles. The van der Waals surface area contributed by atoms with E-state index in [0.29, 0.717) is 90.9 Å². The third-order valence-electron chi connectivity index (χ3n) is 4.27. The molecule has 0 unspecified atom stereocenters. The Labute approximate surface area is 190 Å². The first kappa shape index (κ1) is 28.7. The molecule has 1 aromatic heterocycles. The normalized spacial score (nSPS) is 13.5. The topological polar surface area (TPSA) is 131 Å². The maximum atomic E-state index is 6.14. The average molecular weight is 465 g/mol. The van der Waals surface area contributed by atoms with Gasteiger partial charge in [-0.25, -0.2) is 4.68 Å². The molecule has 2 atom stereocenters. The predicted molar refractivity (Wildman–Crippen MR) is 116 cm³/mol. The van der Waals surface area contributed by atoms with Crippen molar-refractivity contribution in [2.75, 3.05) is 99.3 Å². The molecule has 1 aromatic rings. The molecule has 0 spiro atoms. The van der Waals surface area contributed by atoms with E-state index >= 15 is 0 Å². The van der Waals surface area contributed by atoms with Gasteiger partial charge in [-0.05, 0) is 13.8 Å². The third-order valence-corrected chi connectivity index (χ3v) is 4.27. The lowest BCUT2D eigenvalue weighted by Gasteiger charge is -2.15. The number of nitrogen functional groups attached to an aromatic ring is 1. The Hall–Kier alpha value is -1.38. The highest BCUT2D eigenvalue weighted by Gasteiger charge is 2.20. The fraction of sp³-hybridized carbons (Fsp3) is 0.900. The van der Waals surface area contributed by atoms with E-state index < -0.39 is 0 Å². The van der Waals surface area contributed by atoms with E-state index in [-0.39, 0.29) is 12.2 Å². The maximum absolute atomic E-state index is 6.14. The molecule has 2 N–H and O–H groups in total. The SMILES string of the molecule is COCCOCCOCCO[C@@H](C)c1nnc([C@H](C)OCCOCCOCCOC)n1N. The summed E-state index contributed by atoms with van der Waals surface area (Å²) in [6.07, 6.45) is -0.673. The minimum atomic E-state index is -0.337. The first-order chi connectivity index (χ1) is 15.6. The summed E-state index contributed by atoms with van der Waals surface area (Å²) in [6, 6.07) is 0. The van der Waals surface area contributed by atoms with E-state index in [2.05, 4.69) is 10.2 Å². The summed E-state index contributed by atoms with van der Waals surface area (Å²) >= 11 is 0. The van der Waals surface area contributed by atoms with Crippen molar-refractivity contribution >= 4 is 0 Å². The smallest absolute Gasteiger partial charge is 0.180 e. The van der Waals surface area contributed by atoms with Crippen molar-refractivity contribution in [3.05, 3.63) is 11.6 Å². The summed E-state index contributed by atoms with van der Waals surface area (Å²) in [5.74, 6) is 7.17. The molecule has 12 nitrogen and oxygen atoms in total. The summed E-state index contributed by atoms with van der Waals surface area (Å²) in [5.41, 5.74) is 0. The average Bonchev–Trinajstić information content (AvgIpc) is 3.18. The van der Waals surface area contributed by atoms with Crippen LogP contribution in [0.25, 0.3) is 0 Å². The zero-order valence-corrected chi connectivity index (χ0v) is 19.8. The van der Waals surface area contributed by atoms with E-state index in [1.165, 1.54) is 4.68 Å². The zero-order valence-electron chi connectivity index (χ0n) is 19.8. The van der Waals surface area contributed by atoms with Crippen LogP contribution in [-0.4, -0.2) is 108 Å².